The van der Waals surface area contributed by atoms with Gasteiger partial charge in [0.1, 0.15) is 17.5 Å². The third-order valence-electron chi connectivity index (χ3n) is 2.97. The lowest BCUT2D eigenvalue weighted by Crippen LogP contribution is -2.14. The molecule has 0 heterocycles. The van der Waals surface area contributed by atoms with Gasteiger partial charge in [0, 0.05) is 0 Å². The van der Waals surface area contributed by atoms with Gasteiger partial charge in [0.05, 0.1) is 12.8 Å². The molecule has 0 radical (unpaired) electrons. The fourth-order valence-corrected chi connectivity index (χ4v) is 1.84. The summed E-state index contributed by atoms with van der Waals surface area (Å²) in [6.07, 6.45) is 1.21. The number of nitriles is 1. The van der Waals surface area contributed by atoms with Crippen molar-refractivity contribution in [3.8, 4) is 11.8 Å². The van der Waals surface area contributed by atoms with Gasteiger partial charge in [-0.1, -0.05) is 18.2 Å². The highest BCUT2D eigenvalue weighted by atomic mass is 19.1. The summed E-state index contributed by atoms with van der Waals surface area (Å²) in [4.78, 5) is 12.0. The van der Waals surface area contributed by atoms with E-state index in [-0.39, 0.29) is 17.0 Å². The molecule has 0 bridgehead atoms. The number of benzene rings is 2. The molecule has 0 atom stereocenters. The predicted octanol–water partition coefficient (Wildman–Crippen LogP) is 3.52. The van der Waals surface area contributed by atoms with Crippen LogP contribution in [0.3, 0.4) is 0 Å². The number of carbonyl (C=O) groups is 1. The first-order chi connectivity index (χ1) is 11.0. The molecule has 2 rings (SSSR count). The summed E-state index contributed by atoms with van der Waals surface area (Å²) in [5.41, 5.74) is -0.0130. The van der Waals surface area contributed by atoms with Crippen LogP contribution in [-0.4, -0.2) is 13.0 Å². The number of halogens is 2. The summed E-state index contributed by atoms with van der Waals surface area (Å²) in [5.74, 6) is -1.97. The number of para-hydroxylation sites is 1. The van der Waals surface area contributed by atoms with Crippen LogP contribution in [0.25, 0.3) is 6.08 Å². The highest BCUT2D eigenvalue weighted by Crippen LogP contribution is 2.20. The van der Waals surface area contributed by atoms with Crippen LogP contribution in [-0.2, 0) is 4.79 Å². The predicted molar refractivity (Wildman–Crippen MR) is 81.6 cm³/mol. The Labute approximate surface area is 131 Å². The van der Waals surface area contributed by atoms with Gasteiger partial charge in [0.15, 0.2) is 11.6 Å². The molecule has 0 aliphatic rings. The van der Waals surface area contributed by atoms with Gasteiger partial charge in [-0.25, -0.2) is 8.78 Å². The number of methoxy groups -OCH3 is 1. The Bertz CT molecular complexity index is 810. The minimum atomic E-state index is -0.783. The zero-order valence-electron chi connectivity index (χ0n) is 12.1. The van der Waals surface area contributed by atoms with E-state index < -0.39 is 17.5 Å². The Morgan fingerprint density at radius 3 is 2.57 bits per heavy atom. The number of anilines is 1. The Morgan fingerprint density at radius 1 is 1.22 bits per heavy atom. The summed E-state index contributed by atoms with van der Waals surface area (Å²) in [6, 6.07) is 11.3. The van der Waals surface area contributed by atoms with Crippen molar-refractivity contribution in [2.24, 2.45) is 0 Å². The van der Waals surface area contributed by atoms with Crippen molar-refractivity contribution in [1.29, 1.82) is 5.26 Å². The van der Waals surface area contributed by atoms with Crippen LogP contribution in [0.15, 0.2) is 48.0 Å². The third kappa shape index (κ3) is 3.92. The van der Waals surface area contributed by atoms with Crippen LogP contribution >= 0.6 is 0 Å². The van der Waals surface area contributed by atoms with E-state index in [2.05, 4.69) is 5.32 Å². The molecule has 0 saturated heterocycles. The third-order valence-corrected chi connectivity index (χ3v) is 2.97. The van der Waals surface area contributed by atoms with Crippen LogP contribution < -0.4 is 10.1 Å². The molecule has 0 aliphatic carbocycles. The molecule has 1 amide bonds. The van der Waals surface area contributed by atoms with Crippen LogP contribution in [0.1, 0.15) is 5.56 Å². The van der Waals surface area contributed by atoms with E-state index in [1.54, 1.807) is 12.1 Å². The summed E-state index contributed by atoms with van der Waals surface area (Å²) in [7, 11) is 1.33. The van der Waals surface area contributed by atoms with E-state index in [4.69, 9.17) is 10.00 Å². The smallest absolute Gasteiger partial charge is 0.266 e. The first-order valence-electron chi connectivity index (χ1n) is 6.56. The maximum atomic E-state index is 13.6. The molecule has 6 heteroatoms. The topological polar surface area (TPSA) is 62.1 Å². The van der Waals surface area contributed by atoms with Crippen molar-refractivity contribution in [3.05, 3.63) is 65.2 Å². The quantitative estimate of drug-likeness (QED) is 0.694. The lowest BCUT2D eigenvalue weighted by Gasteiger charge is -2.06. The van der Waals surface area contributed by atoms with Crippen molar-refractivity contribution in [1.82, 2.24) is 0 Å². The fourth-order valence-electron chi connectivity index (χ4n) is 1.84. The number of nitrogens with one attached hydrogen (secondary N) is 1. The van der Waals surface area contributed by atoms with Gasteiger partial charge < -0.3 is 10.1 Å². The Hall–Kier alpha value is -3.20. The molecule has 0 unspecified atom stereocenters. The molecule has 0 aliphatic heterocycles. The number of nitrogens with zero attached hydrogens (tertiary/aromatic N) is 1. The van der Waals surface area contributed by atoms with Crippen molar-refractivity contribution in [2.75, 3.05) is 12.4 Å². The molecule has 0 spiro atoms. The monoisotopic (exact) mass is 314 g/mol. The molecule has 2 aromatic carbocycles. The van der Waals surface area contributed by atoms with Crippen LogP contribution in [0.5, 0.6) is 5.75 Å². The zero-order valence-corrected chi connectivity index (χ0v) is 12.1. The summed E-state index contributed by atoms with van der Waals surface area (Å²) >= 11 is 0. The van der Waals surface area contributed by atoms with Crippen molar-refractivity contribution in [2.45, 2.75) is 0 Å². The molecule has 23 heavy (non-hydrogen) atoms. The Kier molecular flexibility index (Phi) is 5.05. The number of hydrogen-bond donors (Lipinski definition) is 1. The molecular formula is C17H12F2N2O2. The molecule has 0 saturated carbocycles. The number of carbonyl (C=O) groups excluding carboxylic acids is 1. The second-order valence-corrected chi connectivity index (χ2v) is 4.50. The first kappa shape index (κ1) is 16.2. The van der Waals surface area contributed by atoms with Gasteiger partial charge in [-0.05, 0) is 35.9 Å². The highest BCUT2D eigenvalue weighted by Gasteiger charge is 2.12. The summed E-state index contributed by atoms with van der Waals surface area (Å²) in [6.45, 7) is 0. The van der Waals surface area contributed by atoms with Crippen molar-refractivity contribution in [3.63, 3.8) is 0 Å². The normalized spacial score (nSPS) is 10.8. The second-order valence-electron chi connectivity index (χ2n) is 4.50. The lowest BCUT2D eigenvalue weighted by atomic mass is 10.1. The van der Waals surface area contributed by atoms with Crippen molar-refractivity contribution >= 4 is 17.7 Å². The van der Waals surface area contributed by atoms with Gasteiger partial charge in [-0.3, -0.25) is 4.79 Å². The largest absolute Gasteiger partial charge is 0.494 e. The van der Waals surface area contributed by atoms with E-state index in [1.807, 2.05) is 0 Å². The molecule has 2 aromatic rings. The molecule has 1 N–H and O–H groups in total. The standard InChI is InChI=1S/C17H12F2N2O2/c1-23-16-7-6-11(9-14(16)19)8-12(10-20)17(22)21-15-5-3-2-4-13(15)18/h2-9H,1H3,(H,21,22)/b12-8+. The van der Waals surface area contributed by atoms with Crippen LogP contribution in [0, 0.1) is 23.0 Å². The average molecular weight is 314 g/mol. The minimum absolute atomic E-state index is 0.0421. The van der Waals surface area contributed by atoms with Crippen LogP contribution in [0.4, 0.5) is 14.5 Å². The maximum absolute atomic E-state index is 13.6. The van der Waals surface area contributed by atoms with Crippen LogP contribution in [0.2, 0.25) is 0 Å². The molecule has 0 aromatic heterocycles. The number of amides is 1. The molecule has 116 valence electrons. The second kappa shape index (κ2) is 7.18. The van der Waals surface area contributed by atoms with Gasteiger partial charge >= 0.3 is 0 Å². The van der Waals surface area contributed by atoms with E-state index in [0.29, 0.717) is 5.56 Å². The SMILES string of the molecule is COc1ccc(/C=C(\C#N)C(=O)Nc2ccccc2F)cc1F. The van der Waals surface area contributed by atoms with E-state index in [9.17, 15) is 13.6 Å². The number of ether oxygens (including phenoxy) is 1. The van der Waals surface area contributed by atoms with E-state index in [0.717, 1.165) is 6.07 Å². The number of rotatable bonds is 4. The fraction of sp³-hybridized carbons (Fsp3) is 0.0588. The molecule has 4 nitrogen and oxygen atoms in total. The Balaban J connectivity index is 2.25. The Morgan fingerprint density at radius 2 is 1.96 bits per heavy atom. The highest BCUT2D eigenvalue weighted by molar-refractivity contribution is 6.09. The molecule has 0 fully saturated rings. The van der Waals surface area contributed by atoms with Gasteiger partial charge in [-0.2, -0.15) is 5.26 Å². The van der Waals surface area contributed by atoms with Crippen molar-refractivity contribution < 1.29 is 18.3 Å². The summed E-state index contributed by atoms with van der Waals surface area (Å²) in [5, 5.41) is 11.4. The average Bonchev–Trinajstić information content (AvgIpc) is 2.54. The number of hydrogen-bond acceptors (Lipinski definition) is 3. The maximum Gasteiger partial charge on any atom is 0.266 e. The minimum Gasteiger partial charge on any atom is -0.494 e. The van der Waals surface area contributed by atoms with Gasteiger partial charge in [0.25, 0.3) is 5.91 Å². The first-order valence-corrected chi connectivity index (χ1v) is 6.56. The zero-order chi connectivity index (χ0) is 16.8. The van der Waals surface area contributed by atoms with Gasteiger partial charge in [0.2, 0.25) is 0 Å². The van der Waals surface area contributed by atoms with Gasteiger partial charge in [-0.15, -0.1) is 0 Å². The molecular weight excluding hydrogens is 302 g/mol. The van der Waals surface area contributed by atoms with E-state index >= 15 is 0 Å². The van der Waals surface area contributed by atoms with E-state index in [1.165, 1.54) is 43.5 Å². The summed E-state index contributed by atoms with van der Waals surface area (Å²) < 4.78 is 31.9. The lowest BCUT2D eigenvalue weighted by molar-refractivity contribution is -0.112.